The van der Waals surface area contributed by atoms with Gasteiger partial charge in [0.1, 0.15) is 0 Å². The molecule has 2 rings (SSSR count). The average molecular weight is 273 g/mol. The van der Waals surface area contributed by atoms with E-state index in [4.69, 9.17) is 16.8 Å². The van der Waals surface area contributed by atoms with Crippen molar-refractivity contribution in [1.82, 2.24) is 4.98 Å². The lowest BCUT2D eigenvalue weighted by atomic mass is 10.1. The lowest BCUT2D eigenvalue weighted by Crippen LogP contribution is -1.97. The molecule has 0 atom stereocenters. The number of pyridine rings is 1. The largest absolute Gasteiger partial charge is 0.411 e. The first-order valence-corrected chi connectivity index (χ1v) is 6.16. The van der Waals surface area contributed by atoms with Gasteiger partial charge in [-0.05, 0) is 24.6 Å². The van der Waals surface area contributed by atoms with Gasteiger partial charge in [-0.2, -0.15) is 0 Å². The van der Waals surface area contributed by atoms with Gasteiger partial charge in [0, 0.05) is 11.8 Å². The average Bonchev–Trinajstić information content (AvgIpc) is 2.45. The number of aromatic nitrogens is 1. The Balaban J connectivity index is 2.24. The van der Waals surface area contributed by atoms with E-state index >= 15 is 0 Å². The molecule has 0 aliphatic heterocycles. The molecule has 0 unspecified atom stereocenters. The first-order chi connectivity index (χ1) is 9.20. The van der Waals surface area contributed by atoms with Crippen molar-refractivity contribution in [2.75, 3.05) is 0 Å². The number of halogens is 1. The van der Waals surface area contributed by atoms with Crippen molar-refractivity contribution in [2.45, 2.75) is 6.92 Å². The van der Waals surface area contributed by atoms with Crippen molar-refractivity contribution in [3.8, 4) is 0 Å². The Morgan fingerprint density at radius 2 is 2.00 bits per heavy atom. The third-order valence-corrected chi connectivity index (χ3v) is 2.97. The molecule has 0 bridgehead atoms. The van der Waals surface area contributed by atoms with Gasteiger partial charge in [0.15, 0.2) is 0 Å². The maximum absolute atomic E-state index is 8.72. The first kappa shape index (κ1) is 13.3. The zero-order chi connectivity index (χ0) is 13.7. The van der Waals surface area contributed by atoms with Crippen LogP contribution in [0.25, 0.3) is 12.2 Å². The Morgan fingerprint density at radius 3 is 2.63 bits per heavy atom. The Hall–Kier alpha value is -2.13. The first-order valence-electron chi connectivity index (χ1n) is 5.78. The molecule has 96 valence electrons. The number of benzene rings is 1. The van der Waals surface area contributed by atoms with Crippen molar-refractivity contribution < 1.29 is 5.21 Å². The van der Waals surface area contributed by atoms with Crippen LogP contribution in [0.3, 0.4) is 0 Å². The van der Waals surface area contributed by atoms with Crippen molar-refractivity contribution in [1.29, 1.82) is 0 Å². The molecular weight excluding hydrogens is 260 g/mol. The predicted molar refractivity (Wildman–Crippen MR) is 78.6 cm³/mol. The standard InChI is InChI=1S/C15H13ClN2O/c1-11(18-19)14-10-17-13(9-15(14)16)8-7-12-5-3-2-4-6-12/h2-10,19H,1H3/b8-7+,18-11?. The fourth-order valence-corrected chi connectivity index (χ4v) is 1.90. The Labute approximate surface area is 116 Å². The maximum Gasteiger partial charge on any atom is 0.0867 e. The number of rotatable bonds is 3. The summed E-state index contributed by atoms with van der Waals surface area (Å²) < 4.78 is 0. The Morgan fingerprint density at radius 1 is 1.26 bits per heavy atom. The molecular formula is C15H13ClN2O. The minimum atomic E-state index is 0.441. The van der Waals surface area contributed by atoms with E-state index in [9.17, 15) is 0 Å². The summed E-state index contributed by atoms with van der Waals surface area (Å²) in [6.07, 6.45) is 5.45. The van der Waals surface area contributed by atoms with E-state index in [0.717, 1.165) is 11.3 Å². The Bertz CT molecular complexity index is 621. The van der Waals surface area contributed by atoms with Crippen molar-refractivity contribution in [3.05, 3.63) is 64.4 Å². The third-order valence-electron chi connectivity index (χ3n) is 2.66. The fraction of sp³-hybridized carbons (Fsp3) is 0.0667. The molecule has 0 saturated carbocycles. The molecule has 1 aromatic heterocycles. The molecule has 2 aromatic rings. The van der Waals surface area contributed by atoms with E-state index < -0.39 is 0 Å². The third kappa shape index (κ3) is 3.42. The summed E-state index contributed by atoms with van der Waals surface area (Å²) in [5, 5.41) is 12.4. The second-order valence-corrected chi connectivity index (χ2v) is 4.43. The van der Waals surface area contributed by atoms with E-state index in [0.29, 0.717) is 16.3 Å². The number of hydrogen-bond donors (Lipinski definition) is 1. The van der Waals surface area contributed by atoms with Crippen LogP contribution in [-0.4, -0.2) is 15.9 Å². The summed E-state index contributed by atoms with van der Waals surface area (Å²) in [4.78, 5) is 4.26. The topological polar surface area (TPSA) is 45.5 Å². The highest BCUT2D eigenvalue weighted by Gasteiger charge is 2.05. The van der Waals surface area contributed by atoms with E-state index in [1.807, 2.05) is 42.5 Å². The molecule has 3 nitrogen and oxygen atoms in total. The van der Waals surface area contributed by atoms with Crippen LogP contribution in [-0.2, 0) is 0 Å². The lowest BCUT2D eigenvalue weighted by molar-refractivity contribution is 0.319. The SMILES string of the molecule is CC(=NO)c1cnc(/C=C/c2ccccc2)cc1Cl. The van der Waals surface area contributed by atoms with Crippen LogP contribution in [0.2, 0.25) is 5.02 Å². The molecule has 0 radical (unpaired) electrons. The summed E-state index contributed by atoms with van der Waals surface area (Å²) >= 11 is 6.12. The van der Waals surface area contributed by atoms with Gasteiger partial charge in [-0.15, -0.1) is 0 Å². The summed E-state index contributed by atoms with van der Waals surface area (Å²) in [5.41, 5.74) is 2.91. The number of nitrogens with zero attached hydrogens (tertiary/aromatic N) is 2. The molecule has 0 amide bonds. The molecule has 4 heteroatoms. The molecule has 0 aliphatic rings. The smallest absolute Gasteiger partial charge is 0.0867 e. The molecule has 0 spiro atoms. The number of hydrogen-bond acceptors (Lipinski definition) is 3. The zero-order valence-electron chi connectivity index (χ0n) is 10.4. The van der Waals surface area contributed by atoms with Gasteiger partial charge in [-0.1, -0.05) is 53.2 Å². The van der Waals surface area contributed by atoms with Gasteiger partial charge in [-0.25, -0.2) is 0 Å². The van der Waals surface area contributed by atoms with Crippen LogP contribution in [0.4, 0.5) is 0 Å². The summed E-state index contributed by atoms with van der Waals surface area (Å²) in [6.45, 7) is 1.67. The lowest BCUT2D eigenvalue weighted by Gasteiger charge is -2.02. The molecule has 0 aliphatic carbocycles. The maximum atomic E-state index is 8.72. The summed E-state index contributed by atoms with van der Waals surface area (Å²) in [6, 6.07) is 11.7. The van der Waals surface area contributed by atoms with Gasteiger partial charge in [0.2, 0.25) is 0 Å². The van der Waals surface area contributed by atoms with Crippen molar-refractivity contribution in [3.63, 3.8) is 0 Å². The predicted octanol–water partition coefficient (Wildman–Crippen LogP) is 4.10. The van der Waals surface area contributed by atoms with E-state index in [2.05, 4.69) is 10.1 Å². The summed E-state index contributed by atoms with van der Waals surface area (Å²) in [7, 11) is 0. The van der Waals surface area contributed by atoms with Gasteiger partial charge >= 0.3 is 0 Å². The summed E-state index contributed by atoms with van der Waals surface area (Å²) in [5.74, 6) is 0. The minimum Gasteiger partial charge on any atom is -0.411 e. The molecule has 1 aromatic carbocycles. The van der Waals surface area contributed by atoms with E-state index in [1.54, 1.807) is 19.2 Å². The van der Waals surface area contributed by atoms with E-state index in [-0.39, 0.29) is 0 Å². The van der Waals surface area contributed by atoms with Crippen LogP contribution >= 0.6 is 11.6 Å². The van der Waals surface area contributed by atoms with Gasteiger partial charge in [0.05, 0.1) is 16.4 Å². The second-order valence-electron chi connectivity index (χ2n) is 4.02. The van der Waals surface area contributed by atoms with Crippen LogP contribution in [0.1, 0.15) is 23.7 Å². The van der Waals surface area contributed by atoms with Crippen LogP contribution in [0.5, 0.6) is 0 Å². The van der Waals surface area contributed by atoms with Crippen LogP contribution < -0.4 is 0 Å². The molecule has 1 heterocycles. The second kappa shape index (κ2) is 6.16. The quantitative estimate of drug-likeness (QED) is 0.519. The van der Waals surface area contributed by atoms with Gasteiger partial charge < -0.3 is 5.21 Å². The molecule has 1 N–H and O–H groups in total. The van der Waals surface area contributed by atoms with E-state index in [1.165, 1.54) is 0 Å². The normalized spacial score (nSPS) is 12.0. The monoisotopic (exact) mass is 272 g/mol. The minimum absolute atomic E-state index is 0.441. The molecule has 0 fully saturated rings. The van der Waals surface area contributed by atoms with Crippen molar-refractivity contribution in [2.24, 2.45) is 5.16 Å². The molecule has 19 heavy (non-hydrogen) atoms. The highest BCUT2D eigenvalue weighted by atomic mass is 35.5. The van der Waals surface area contributed by atoms with Gasteiger partial charge in [-0.3, -0.25) is 4.98 Å². The fourth-order valence-electron chi connectivity index (χ4n) is 1.60. The van der Waals surface area contributed by atoms with Crippen molar-refractivity contribution >= 4 is 29.5 Å². The zero-order valence-corrected chi connectivity index (χ0v) is 11.2. The van der Waals surface area contributed by atoms with Gasteiger partial charge in [0.25, 0.3) is 0 Å². The highest BCUT2D eigenvalue weighted by Crippen LogP contribution is 2.18. The molecule has 0 saturated heterocycles. The Kier molecular flexibility index (Phi) is 4.31. The number of oxime groups is 1. The van der Waals surface area contributed by atoms with Crippen LogP contribution in [0.15, 0.2) is 47.8 Å². The highest BCUT2D eigenvalue weighted by molar-refractivity contribution is 6.34. The van der Waals surface area contributed by atoms with Crippen LogP contribution in [0, 0.1) is 0 Å².